The van der Waals surface area contributed by atoms with E-state index < -0.39 is 5.97 Å². The smallest absolute Gasteiger partial charge is 0.303 e. The number of carbonyl (C=O) groups excluding carboxylic acids is 2. The lowest BCUT2D eigenvalue weighted by Crippen LogP contribution is -2.35. The molecule has 4 aromatic rings. The van der Waals surface area contributed by atoms with Gasteiger partial charge in [0.15, 0.2) is 0 Å². The van der Waals surface area contributed by atoms with Gasteiger partial charge in [-0.2, -0.15) is 0 Å². The molecule has 0 radical (unpaired) electrons. The van der Waals surface area contributed by atoms with Crippen LogP contribution in [0, 0.1) is 0 Å². The number of anilines is 1. The summed E-state index contributed by atoms with van der Waals surface area (Å²) in [5.74, 6) is -0.407. The SMILES string of the molecule is CC(CC(=O)Nc1ccc(CCCC(=O)O)cc1)NC(=O)c1ccc2c(c1)nc(-c1ccoc1)n2C1CCCCC1. The third kappa shape index (κ3) is 7.03. The number of hydrogen-bond donors (Lipinski definition) is 3. The molecule has 1 aliphatic rings. The van der Waals surface area contributed by atoms with E-state index in [-0.39, 0.29) is 30.7 Å². The molecule has 1 saturated carbocycles. The molecule has 9 heteroatoms. The standard InChI is InChI=1S/C32H36N4O5/c1-21(18-29(37)34-25-13-10-22(11-14-25)6-5-9-30(38)39)33-32(40)23-12-15-28-27(19-23)35-31(24-16-17-41-20-24)36(28)26-7-3-2-4-8-26/h10-17,19-21,26H,2-9,18H2,1H3,(H,33,40)(H,34,37)(H,38,39). The Kier molecular flexibility index (Phi) is 8.82. The van der Waals surface area contributed by atoms with Crippen LogP contribution in [0.3, 0.4) is 0 Å². The predicted molar refractivity (Wildman–Crippen MR) is 157 cm³/mol. The number of nitrogens with zero attached hydrogens (tertiary/aromatic N) is 2. The minimum absolute atomic E-state index is 0.120. The van der Waals surface area contributed by atoms with Gasteiger partial charge in [-0.05, 0) is 74.6 Å². The molecular formula is C32H36N4O5. The Morgan fingerprint density at radius 2 is 1.85 bits per heavy atom. The van der Waals surface area contributed by atoms with Gasteiger partial charge < -0.3 is 24.7 Å². The predicted octanol–water partition coefficient (Wildman–Crippen LogP) is 6.36. The highest BCUT2D eigenvalue weighted by Gasteiger charge is 2.24. The molecule has 1 atom stereocenters. The van der Waals surface area contributed by atoms with E-state index in [1.807, 2.05) is 36.4 Å². The number of carboxylic acid groups (broad SMARTS) is 1. The van der Waals surface area contributed by atoms with Crippen LogP contribution in [0.4, 0.5) is 5.69 Å². The zero-order chi connectivity index (χ0) is 28.8. The molecule has 214 valence electrons. The van der Waals surface area contributed by atoms with E-state index in [2.05, 4.69) is 15.2 Å². The molecule has 0 saturated heterocycles. The van der Waals surface area contributed by atoms with Crippen LogP contribution in [-0.2, 0) is 16.0 Å². The van der Waals surface area contributed by atoms with Crippen LogP contribution < -0.4 is 10.6 Å². The summed E-state index contributed by atoms with van der Waals surface area (Å²) >= 11 is 0. The maximum absolute atomic E-state index is 13.1. The maximum Gasteiger partial charge on any atom is 0.303 e. The number of aromatic nitrogens is 2. The van der Waals surface area contributed by atoms with E-state index in [4.69, 9.17) is 14.5 Å². The fourth-order valence-corrected chi connectivity index (χ4v) is 5.59. The Labute approximate surface area is 239 Å². The van der Waals surface area contributed by atoms with Crippen LogP contribution in [0.2, 0.25) is 0 Å². The molecule has 0 bridgehead atoms. The van der Waals surface area contributed by atoms with E-state index in [0.717, 1.165) is 40.8 Å². The Morgan fingerprint density at radius 3 is 2.56 bits per heavy atom. The number of fused-ring (bicyclic) bond motifs is 1. The lowest BCUT2D eigenvalue weighted by molar-refractivity contribution is -0.137. The van der Waals surface area contributed by atoms with Crippen LogP contribution in [-0.4, -0.2) is 38.5 Å². The number of hydrogen-bond acceptors (Lipinski definition) is 5. The molecule has 1 aliphatic carbocycles. The Bertz CT molecular complexity index is 1500. The lowest BCUT2D eigenvalue weighted by atomic mass is 9.95. The van der Waals surface area contributed by atoms with Crippen LogP contribution >= 0.6 is 0 Å². The van der Waals surface area contributed by atoms with Gasteiger partial charge in [0, 0.05) is 36.2 Å². The maximum atomic E-state index is 13.1. The zero-order valence-electron chi connectivity index (χ0n) is 23.3. The van der Waals surface area contributed by atoms with Crippen molar-refractivity contribution < 1.29 is 23.9 Å². The molecule has 2 amide bonds. The minimum Gasteiger partial charge on any atom is -0.481 e. The average Bonchev–Trinajstić information content (AvgIpc) is 3.62. The summed E-state index contributed by atoms with van der Waals surface area (Å²) in [6.07, 6.45) is 10.7. The Hall–Kier alpha value is -4.40. The van der Waals surface area contributed by atoms with Gasteiger partial charge in [-0.25, -0.2) is 4.98 Å². The third-order valence-electron chi connectivity index (χ3n) is 7.63. The quantitative estimate of drug-likeness (QED) is 0.197. The van der Waals surface area contributed by atoms with Crippen molar-refractivity contribution in [3.8, 4) is 11.4 Å². The van der Waals surface area contributed by atoms with Crippen molar-refractivity contribution in [3.63, 3.8) is 0 Å². The molecular weight excluding hydrogens is 520 g/mol. The fourth-order valence-electron chi connectivity index (χ4n) is 5.59. The number of aryl methyl sites for hydroxylation is 1. The monoisotopic (exact) mass is 556 g/mol. The first-order valence-electron chi connectivity index (χ1n) is 14.3. The minimum atomic E-state index is -0.805. The first kappa shape index (κ1) is 28.1. The normalized spacial score (nSPS) is 14.6. The third-order valence-corrected chi connectivity index (χ3v) is 7.63. The molecule has 41 heavy (non-hydrogen) atoms. The van der Waals surface area contributed by atoms with Gasteiger partial charge in [0.2, 0.25) is 5.91 Å². The summed E-state index contributed by atoms with van der Waals surface area (Å²) < 4.78 is 7.64. The van der Waals surface area contributed by atoms with Crippen LogP contribution in [0.5, 0.6) is 0 Å². The summed E-state index contributed by atoms with van der Waals surface area (Å²) in [5, 5.41) is 14.6. The molecule has 1 fully saturated rings. The molecule has 3 N–H and O–H groups in total. The second-order valence-corrected chi connectivity index (χ2v) is 10.9. The van der Waals surface area contributed by atoms with Crippen molar-refractivity contribution in [1.82, 2.24) is 14.9 Å². The van der Waals surface area contributed by atoms with E-state index in [1.54, 1.807) is 31.6 Å². The first-order chi connectivity index (χ1) is 19.9. The van der Waals surface area contributed by atoms with Gasteiger partial charge in [-0.1, -0.05) is 31.4 Å². The van der Waals surface area contributed by atoms with Crippen LogP contribution in [0.1, 0.15) is 80.3 Å². The number of amides is 2. The summed E-state index contributed by atoms with van der Waals surface area (Å²) in [6.45, 7) is 1.80. The number of aliphatic carboxylic acids is 1. The first-order valence-corrected chi connectivity index (χ1v) is 14.3. The van der Waals surface area contributed by atoms with Crippen molar-refractivity contribution in [2.45, 2.75) is 76.8 Å². The lowest BCUT2D eigenvalue weighted by Gasteiger charge is -2.25. The summed E-state index contributed by atoms with van der Waals surface area (Å²) in [4.78, 5) is 41.3. The molecule has 2 aromatic heterocycles. The molecule has 0 spiro atoms. The van der Waals surface area contributed by atoms with Gasteiger partial charge in [-0.3, -0.25) is 14.4 Å². The number of rotatable bonds is 11. The molecule has 0 aliphatic heterocycles. The number of carboxylic acids is 1. The Morgan fingerprint density at radius 1 is 1.07 bits per heavy atom. The molecule has 5 rings (SSSR count). The van der Waals surface area contributed by atoms with E-state index in [1.165, 1.54) is 19.3 Å². The summed E-state index contributed by atoms with van der Waals surface area (Å²) in [6, 6.07) is 14.9. The summed E-state index contributed by atoms with van der Waals surface area (Å²) in [7, 11) is 0. The second-order valence-electron chi connectivity index (χ2n) is 10.9. The van der Waals surface area contributed by atoms with E-state index in [0.29, 0.717) is 30.1 Å². The van der Waals surface area contributed by atoms with Crippen molar-refractivity contribution in [1.29, 1.82) is 0 Å². The highest BCUT2D eigenvalue weighted by atomic mass is 16.4. The number of nitrogens with one attached hydrogen (secondary N) is 2. The highest BCUT2D eigenvalue weighted by Crippen LogP contribution is 2.36. The molecule has 9 nitrogen and oxygen atoms in total. The van der Waals surface area contributed by atoms with Gasteiger partial charge in [0.05, 0.1) is 22.9 Å². The molecule has 2 aromatic carbocycles. The van der Waals surface area contributed by atoms with Gasteiger partial charge >= 0.3 is 5.97 Å². The Balaban J connectivity index is 1.21. The van der Waals surface area contributed by atoms with Crippen molar-refractivity contribution in [3.05, 3.63) is 72.2 Å². The zero-order valence-corrected chi connectivity index (χ0v) is 23.3. The highest BCUT2D eigenvalue weighted by molar-refractivity contribution is 5.98. The van der Waals surface area contributed by atoms with Gasteiger partial charge in [0.25, 0.3) is 5.91 Å². The van der Waals surface area contributed by atoms with Crippen LogP contribution in [0.25, 0.3) is 22.4 Å². The second kappa shape index (κ2) is 12.8. The number of furan rings is 1. The van der Waals surface area contributed by atoms with E-state index in [9.17, 15) is 14.4 Å². The number of imidazole rings is 1. The van der Waals surface area contributed by atoms with Gasteiger partial charge in [-0.15, -0.1) is 0 Å². The van der Waals surface area contributed by atoms with E-state index >= 15 is 0 Å². The number of carbonyl (C=O) groups is 3. The average molecular weight is 557 g/mol. The summed E-state index contributed by atoms with van der Waals surface area (Å²) in [5.41, 5.74) is 4.85. The fraction of sp³-hybridized carbons (Fsp3) is 0.375. The van der Waals surface area contributed by atoms with Crippen LogP contribution in [0.15, 0.2) is 65.5 Å². The molecule has 1 unspecified atom stereocenters. The van der Waals surface area contributed by atoms with Crippen molar-refractivity contribution in [2.24, 2.45) is 0 Å². The van der Waals surface area contributed by atoms with Crippen molar-refractivity contribution >= 4 is 34.5 Å². The largest absolute Gasteiger partial charge is 0.481 e. The topological polar surface area (TPSA) is 126 Å². The van der Waals surface area contributed by atoms with Crippen molar-refractivity contribution in [2.75, 3.05) is 5.32 Å². The number of benzene rings is 2. The molecule has 2 heterocycles. The van der Waals surface area contributed by atoms with Gasteiger partial charge in [0.1, 0.15) is 12.1 Å².